The molecule has 1 aliphatic heterocycles. The molecule has 0 radical (unpaired) electrons. The third kappa shape index (κ3) is 4.92. The number of H-pyrrole nitrogens is 1. The van der Waals surface area contributed by atoms with E-state index in [4.69, 9.17) is 0 Å². The molecule has 5 heteroatoms. The third-order valence-electron chi connectivity index (χ3n) is 4.87. The van der Waals surface area contributed by atoms with Gasteiger partial charge in [-0.2, -0.15) is 0 Å². The second-order valence-electron chi connectivity index (χ2n) is 7.44. The molecule has 134 valence electrons. The largest absolute Gasteiger partial charge is 0.340 e. The maximum absolute atomic E-state index is 12.8. The standard InChI is InChI=1S/C19H31N3O2/c1-13(2)12-16-8-6-5-7-11-22(16)18(23)10-9-17-14(3)20-15(4)21-19(17)24/h13,16H,5-12H2,1-4H3,(H,20,21,24). The van der Waals surface area contributed by atoms with E-state index in [0.29, 0.717) is 36.2 Å². The highest BCUT2D eigenvalue weighted by Crippen LogP contribution is 2.23. The summed E-state index contributed by atoms with van der Waals surface area (Å²) >= 11 is 0. The van der Waals surface area contributed by atoms with Crippen LogP contribution < -0.4 is 5.56 Å². The van der Waals surface area contributed by atoms with Gasteiger partial charge in [0.25, 0.3) is 5.56 Å². The average Bonchev–Trinajstić information content (AvgIpc) is 2.70. The van der Waals surface area contributed by atoms with Crippen molar-refractivity contribution < 1.29 is 4.79 Å². The second-order valence-corrected chi connectivity index (χ2v) is 7.44. The molecule has 0 saturated carbocycles. The summed E-state index contributed by atoms with van der Waals surface area (Å²) < 4.78 is 0. The second kappa shape index (κ2) is 8.45. The lowest BCUT2D eigenvalue weighted by Gasteiger charge is -2.31. The van der Waals surface area contributed by atoms with Gasteiger partial charge in [0.2, 0.25) is 5.91 Å². The zero-order valence-corrected chi connectivity index (χ0v) is 15.5. The van der Waals surface area contributed by atoms with E-state index >= 15 is 0 Å². The topological polar surface area (TPSA) is 66.1 Å². The maximum atomic E-state index is 12.8. The first-order chi connectivity index (χ1) is 11.4. The van der Waals surface area contributed by atoms with Crippen LogP contribution in [0.4, 0.5) is 0 Å². The zero-order chi connectivity index (χ0) is 17.7. The first-order valence-corrected chi connectivity index (χ1v) is 9.24. The van der Waals surface area contributed by atoms with Gasteiger partial charge in [-0.1, -0.05) is 26.7 Å². The number of carbonyl (C=O) groups is 1. The van der Waals surface area contributed by atoms with Crippen molar-refractivity contribution in [2.45, 2.75) is 78.7 Å². The first kappa shape index (κ1) is 18.7. The van der Waals surface area contributed by atoms with Crippen LogP contribution in [0.3, 0.4) is 0 Å². The normalized spacial score (nSPS) is 18.7. The van der Waals surface area contributed by atoms with Crippen LogP contribution in [0.15, 0.2) is 4.79 Å². The van der Waals surface area contributed by atoms with Crippen molar-refractivity contribution in [3.8, 4) is 0 Å². The van der Waals surface area contributed by atoms with Gasteiger partial charge >= 0.3 is 0 Å². The highest BCUT2D eigenvalue weighted by atomic mass is 16.2. The summed E-state index contributed by atoms with van der Waals surface area (Å²) in [4.78, 5) is 34.0. The fourth-order valence-corrected chi connectivity index (χ4v) is 3.72. The number of aromatic amines is 1. The molecule has 1 fully saturated rings. The highest BCUT2D eigenvalue weighted by Gasteiger charge is 2.26. The van der Waals surface area contributed by atoms with Gasteiger partial charge in [0, 0.05) is 30.3 Å². The van der Waals surface area contributed by atoms with Crippen molar-refractivity contribution in [1.29, 1.82) is 0 Å². The summed E-state index contributed by atoms with van der Waals surface area (Å²) in [5.41, 5.74) is 1.27. The van der Waals surface area contributed by atoms with Crippen LogP contribution in [0.1, 0.15) is 69.5 Å². The molecule has 24 heavy (non-hydrogen) atoms. The summed E-state index contributed by atoms with van der Waals surface area (Å²) in [6, 6.07) is 0.357. The van der Waals surface area contributed by atoms with Crippen molar-refractivity contribution >= 4 is 5.91 Å². The van der Waals surface area contributed by atoms with Crippen LogP contribution >= 0.6 is 0 Å². The Morgan fingerprint density at radius 1 is 1.29 bits per heavy atom. The van der Waals surface area contributed by atoms with E-state index in [1.807, 2.05) is 6.92 Å². The van der Waals surface area contributed by atoms with Gasteiger partial charge in [-0.15, -0.1) is 0 Å². The van der Waals surface area contributed by atoms with Crippen molar-refractivity contribution in [3.05, 3.63) is 27.4 Å². The number of carbonyl (C=O) groups excluding carboxylic acids is 1. The fraction of sp³-hybridized carbons (Fsp3) is 0.737. The van der Waals surface area contributed by atoms with Crippen LogP contribution in [0.5, 0.6) is 0 Å². The number of rotatable bonds is 5. The Hall–Kier alpha value is -1.65. The molecule has 2 heterocycles. The molecule has 1 amide bonds. The van der Waals surface area contributed by atoms with Crippen LogP contribution in [0.2, 0.25) is 0 Å². The highest BCUT2D eigenvalue weighted by molar-refractivity contribution is 5.76. The molecule has 1 saturated heterocycles. The molecular weight excluding hydrogens is 302 g/mol. The van der Waals surface area contributed by atoms with Crippen LogP contribution in [0.25, 0.3) is 0 Å². The number of nitrogens with zero attached hydrogens (tertiary/aromatic N) is 2. The predicted molar refractivity (Wildman–Crippen MR) is 96.1 cm³/mol. The molecule has 1 atom stereocenters. The van der Waals surface area contributed by atoms with E-state index in [-0.39, 0.29) is 11.5 Å². The number of aryl methyl sites for hydroxylation is 2. The third-order valence-corrected chi connectivity index (χ3v) is 4.87. The molecular formula is C19H31N3O2. The summed E-state index contributed by atoms with van der Waals surface area (Å²) in [7, 11) is 0. The molecule has 0 aromatic carbocycles. The lowest BCUT2D eigenvalue weighted by Crippen LogP contribution is -2.41. The van der Waals surface area contributed by atoms with E-state index < -0.39 is 0 Å². The minimum Gasteiger partial charge on any atom is -0.340 e. The number of likely N-dealkylation sites (tertiary alicyclic amines) is 1. The van der Waals surface area contributed by atoms with Crippen molar-refractivity contribution in [2.75, 3.05) is 6.54 Å². The van der Waals surface area contributed by atoms with Crippen molar-refractivity contribution in [1.82, 2.24) is 14.9 Å². The molecule has 0 aliphatic carbocycles. The van der Waals surface area contributed by atoms with E-state index in [9.17, 15) is 9.59 Å². The first-order valence-electron chi connectivity index (χ1n) is 9.24. The van der Waals surface area contributed by atoms with Crippen LogP contribution in [0, 0.1) is 19.8 Å². The van der Waals surface area contributed by atoms with Crippen molar-refractivity contribution in [3.63, 3.8) is 0 Å². The average molecular weight is 333 g/mol. The van der Waals surface area contributed by atoms with Gasteiger partial charge in [-0.3, -0.25) is 9.59 Å². The minimum atomic E-state index is -0.109. The lowest BCUT2D eigenvalue weighted by atomic mass is 9.98. The van der Waals surface area contributed by atoms with Gasteiger partial charge in [-0.05, 0) is 45.4 Å². The molecule has 1 unspecified atom stereocenters. The smallest absolute Gasteiger partial charge is 0.254 e. The van der Waals surface area contributed by atoms with E-state index in [0.717, 1.165) is 31.5 Å². The minimum absolute atomic E-state index is 0.109. The summed E-state index contributed by atoms with van der Waals surface area (Å²) in [5, 5.41) is 0. The van der Waals surface area contributed by atoms with Gasteiger partial charge in [0.1, 0.15) is 5.82 Å². The van der Waals surface area contributed by atoms with E-state index in [1.165, 1.54) is 12.8 Å². The Balaban J connectivity index is 2.05. The van der Waals surface area contributed by atoms with E-state index in [2.05, 4.69) is 28.7 Å². The van der Waals surface area contributed by atoms with Gasteiger partial charge in [0.05, 0.1) is 0 Å². The zero-order valence-electron chi connectivity index (χ0n) is 15.5. The fourth-order valence-electron chi connectivity index (χ4n) is 3.72. The number of hydrogen-bond acceptors (Lipinski definition) is 3. The Labute approximate surface area is 144 Å². The number of amides is 1. The maximum Gasteiger partial charge on any atom is 0.254 e. The molecule has 0 spiro atoms. The Kier molecular flexibility index (Phi) is 6.58. The molecule has 1 aromatic heterocycles. The van der Waals surface area contributed by atoms with E-state index in [1.54, 1.807) is 6.92 Å². The quantitative estimate of drug-likeness (QED) is 0.900. The number of nitrogens with one attached hydrogen (secondary N) is 1. The summed E-state index contributed by atoms with van der Waals surface area (Å²) in [5.74, 6) is 1.40. The van der Waals surface area contributed by atoms with Gasteiger partial charge in [-0.25, -0.2) is 4.98 Å². The Bertz CT molecular complexity index is 622. The lowest BCUT2D eigenvalue weighted by molar-refractivity contribution is -0.133. The Morgan fingerprint density at radius 3 is 2.71 bits per heavy atom. The number of aromatic nitrogens is 2. The van der Waals surface area contributed by atoms with Crippen molar-refractivity contribution in [2.24, 2.45) is 5.92 Å². The molecule has 5 nitrogen and oxygen atoms in total. The molecule has 1 aromatic rings. The Morgan fingerprint density at radius 2 is 2.04 bits per heavy atom. The monoisotopic (exact) mass is 333 g/mol. The van der Waals surface area contributed by atoms with Crippen LogP contribution in [-0.4, -0.2) is 33.4 Å². The SMILES string of the molecule is Cc1nc(C)c(CCC(=O)N2CCCCCC2CC(C)C)c(=O)[nH]1. The number of hydrogen-bond donors (Lipinski definition) is 1. The summed E-state index contributed by atoms with van der Waals surface area (Å²) in [6.07, 6.45) is 6.54. The predicted octanol–water partition coefficient (Wildman–Crippen LogP) is 3.14. The molecule has 1 aliphatic rings. The summed E-state index contributed by atoms with van der Waals surface area (Å²) in [6.45, 7) is 8.91. The van der Waals surface area contributed by atoms with Gasteiger partial charge in [0.15, 0.2) is 0 Å². The van der Waals surface area contributed by atoms with Crippen LogP contribution in [-0.2, 0) is 11.2 Å². The molecule has 0 bridgehead atoms. The molecule has 1 N–H and O–H groups in total. The van der Waals surface area contributed by atoms with Gasteiger partial charge < -0.3 is 9.88 Å². The molecule has 2 rings (SSSR count).